The van der Waals surface area contributed by atoms with Crippen molar-refractivity contribution in [1.82, 2.24) is 20.2 Å². The van der Waals surface area contributed by atoms with Gasteiger partial charge in [0.25, 0.3) is 5.91 Å². The highest BCUT2D eigenvalue weighted by molar-refractivity contribution is 5.91. The summed E-state index contributed by atoms with van der Waals surface area (Å²) in [6, 6.07) is 1.54. The quantitative estimate of drug-likeness (QED) is 0.869. The van der Waals surface area contributed by atoms with Crippen molar-refractivity contribution < 1.29 is 18.0 Å². The lowest BCUT2D eigenvalue weighted by Gasteiger charge is -2.33. The minimum atomic E-state index is -4.10. The van der Waals surface area contributed by atoms with Crippen LogP contribution in [0.1, 0.15) is 36.2 Å². The van der Waals surface area contributed by atoms with Crippen LogP contribution in [0.4, 0.5) is 13.2 Å². The van der Waals surface area contributed by atoms with Crippen LogP contribution in [0.2, 0.25) is 0 Å². The second kappa shape index (κ2) is 8.24. The lowest BCUT2D eigenvalue weighted by Crippen LogP contribution is -2.38. The third-order valence-corrected chi connectivity index (χ3v) is 3.97. The summed E-state index contributed by atoms with van der Waals surface area (Å²) in [4.78, 5) is 21.3. The number of likely N-dealkylation sites (tertiary alicyclic amines) is 1. The van der Waals surface area contributed by atoms with Crippen LogP contribution in [0.3, 0.4) is 0 Å². The zero-order chi connectivity index (χ0) is 16.7. The van der Waals surface area contributed by atoms with Crippen LogP contribution in [0, 0.1) is 5.92 Å². The number of nitrogens with zero attached hydrogens (tertiary/aromatic N) is 3. The van der Waals surface area contributed by atoms with Crippen molar-refractivity contribution in [3.05, 3.63) is 24.3 Å². The van der Waals surface area contributed by atoms with Crippen molar-refractivity contribution in [1.29, 1.82) is 0 Å². The molecule has 0 radical (unpaired) electrons. The number of hydrogen-bond donors (Lipinski definition) is 1. The van der Waals surface area contributed by atoms with E-state index in [-0.39, 0.29) is 12.5 Å². The first-order chi connectivity index (χ1) is 10.9. The molecule has 23 heavy (non-hydrogen) atoms. The zero-order valence-corrected chi connectivity index (χ0v) is 12.9. The van der Waals surface area contributed by atoms with Crippen LogP contribution < -0.4 is 5.32 Å². The molecule has 1 aromatic heterocycles. The van der Waals surface area contributed by atoms with Crippen molar-refractivity contribution in [3.63, 3.8) is 0 Å². The summed E-state index contributed by atoms with van der Waals surface area (Å²) >= 11 is 0. The van der Waals surface area contributed by atoms with E-state index in [1.807, 2.05) is 4.90 Å². The van der Waals surface area contributed by atoms with Gasteiger partial charge in [-0.15, -0.1) is 0 Å². The molecule has 2 heterocycles. The normalized spacial score (nSPS) is 19.5. The first-order valence-electron chi connectivity index (χ1n) is 7.77. The molecule has 0 aromatic carbocycles. The highest BCUT2D eigenvalue weighted by Gasteiger charge is 2.29. The molecule has 1 atom stereocenters. The van der Waals surface area contributed by atoms with Gasteiger partial charge in [0.05, 0.1) is 6.42 Å². The van der Waals surface area contributed by atoms with Gasteiger partial charge in [0.1, 0.15) is 12.0 Å². The molecule has 0 bridgehead atoms. The van der Waals surface area contributed by atoms with Crippen LogP contribution in [-0.2, 0) is 0 Å². The molecule has 128 valence electrons. The summed E-state index contributed by atoms with van der Waals surface area (Å²) in [6.07, 6.45) is 0.617. The van der Waals surface area contributed by atoms with E-state index in [9.17, 15) is 18.0 Å². The van der Waals surface area contributed by atoms with Gasteiger partial charge < -0.3 is 10.2 Å². The van der Waals surface area contributed by atoms with Crippen LogP contribution >= 0.6 is 0 Å². The van der Waals surface area contributed by atoms with Crippen molar-refractivity contribution >= 4 is 5.91 Å². The Kier molecular flexibility index (Phi) is 6.32. The molecule has 2 rings (SSSR count). The molecule has 1 aromatic rings. The number of carbonyl (C=O) groups is 1. The Labute approximate surface area is 133 Å². The summed E-state index contributed by atoms with van der Waals surface area (Å²) in [5.41, 5.74) is 0.315. The van der Waals surface area contributed by atoms with E-state index in [1.54, 1.807) is 0 Å². The molecule has 1 amide bonds. The summed E-state index contributed by atoms with van der Waals surface area (Å²) in [7, 11) is 0. The minimum Gasteiger partial charge on any atom is -0.351 e. The SMILES string of the molecule is O=C(NCC[C@@H]1CCCN(CCC(F)(F)F)C1)c1ccncn1. The van der Waals surface area contributed by atoms with E-state index in [4.69, 9.17) is 0 Å². The number of nitrogens with one attached hydrogen (secondary N) is 1. The number of carbonyl (C=O) groups excluding carboxylic acids is 1. The first kappa shape index (κ1) is 17.7. The van der Waals surface area contributed by atoms with Gasteiger partial charge in [-0.1, -0.05) is 0 Å². The van der Waals surface area contributed by atoms with E-state index in [2.05, 4.69) is 15.3 Å². The Morgan fingerprint density at radius 3 is 2.96 bits per heavy atom. The van der Waals surface area contributed by atoms with E-state index < -0.39 is 12.6 Å². The number of alkyl halides is 3. The lowest BCUT2D eigenvalue weighted by atomic mass is 9.94. The fraction of sp³-hybridized carbons (Fsp3) is 0.667. The summed E-state index contributed by atoms with van der Waals surface area (Å²) in [6.45, 7) is 1.95. The van der Waals surface area contributed by atoms with Crippen molar-refractivity contribution in [2.45, 2.75) is 31.9 Å². The molecular formula is C15H21F3N4O. The van der Waals surface area contributed by atoms with Crippen LogP contribution in [0.25, 0.3) is 0 Å². The standard InChI is InChI=1S/C15H21F3N4O/c16-15(17,18)5-9-22-8-1-2-12(10-22)3-7-20-14(23)13-4-6-19-11-21-13/h4,6,11-12H,1-3,5,7-10H2,(H,20,23)/t12-/m0/s1. The molecule has 1 aliphatic rings. The number of rotatable bonds is 6. The summed E-state index contributed by atoms with van der Waals surface area (Å²) < 4.78 is 36.8. The summed E-state index contributed by atoms with van der Waals surface area (Å²) in [5, 5.41) is 2.79. The molecule has 1 saturated heterocycles. The minimum absolute atomic E-state index is 0.0628. The molecule has 1 fully saturated rings. The van der Waals surface area contributed by atoms with E-state index >= 15 is 0 Å². The first-order valence-corrected chi connectivity index (χ1v) is 7.77. The third-order valence-electron chi connectivity index (χ3n) is 3.97. The van der Waals surface area contributed by atoms with E-state index in [1.165, 1.54) is 18.6 Å². The van der Waals surface area contributed by atoms with E-state index in [0.717, 1.165) is 25.8 Å². The fourth-order valence-electron chi connectivity index (χ4n) is 2.78. The van der Waals surface area contributed by atoms with Crippen molar-refractivity contribution in [2.24, 2.45) is 5.92 Å². The maximum atomic E-state index is 12.3. The molecule has 5 nitrogen and oxygen atoms in total. The number of halogens is 3. The fourth-order valence-corrected chi connectivity index (χ4v) is 2.78. The zero-order valence-electron chi connectivity index (χ0n) is 12.9. The number of amides is 1. The largest absolute Gasteiger partial charge is 0.390 e. The number of hydrogen-bond acceptors (Lipinski definition) is 4. The van der Waals surface area contributed by atoms with Gasteiger partial charge in [0.2, 0.25) is 0 Å². The molecule has 0 unspecified atom stereocenters. The monoisotopic (exact) mass is 330 g/mol. The van der Waals surface area contributed by atoms with Gasteiger partial charge in [0.15, 0.2) is 0 Å². The van der Waals surface area contributed by atoms with E-state index in [0.29, 0.717) is 24.7 Å². The highest BCUT2D eigenvalue weighted by Crippen LogP contribution is 2.23. The van der Waals surface area contributed by atoms with Crippen molar-refractivity contribution in [2.75, 3.05) is 26.2 Å². The molecule has 8 heteroatoms. The average molecular weight is 330 g/mol. The molecule has 0 spiro atoms. The van der Waals surface area contributed by atoms with Gasteiger partial charge >= 0.3 is 6.18 Å². The van der Waals surface area contributed by atoms with Gasteiger partial charge in [-0.3, -0.25) is 4.79 Å². The molecule has 0 saturated carbocycles. The summed E-state index contributed by atoms with van der Waals surface area (Å²) in [5.74, 6) is 0.0693. The number of aromatic nitrogens is 2. The molecule has 1 aliphatic heterocycles. The van der Waals surface area contributed by atoms with Crippen LogP contribution in [0.5, 0.6) is 0 Å². The molecule has 0 aliphatic carbocycles. The Balaban J connectivity index is 1.68. The number of piperidine rings is 1. The Morgan fingerprint density at radius 1 is 1.43 bits per heavy atom. The maximum absolute atomic E-state index is 12.3. The highest BCUT2D eigenvalue weighted by atomic mass is 19.4. The van der Waals surface area contributed by atoms with Gasteiger partial charge in [-0.2, -0.15) is 13.2 Å². The third kappa shape index (κ3) is 6.52. The Hall–Kier alpha value is -1.70. The van der Waals surface area contributed by atoms with Crippen LogP contribution in [0.15, 0.2) is 18.6 Å². The van der Waals surface area contributed by atoms with Crippen LogP contribution in [-0.4, -0.2) is 53.1 Å². The maximum Gasteiger partial charge on any atom is 0.390 e. The van der Waals surface area contributed by atoms with Gasteiger partial charge in [-0.05, 0) is 37.8 Å². The van der Waals surface area contributed by atoms with Crippen molar-refractivity contribution in [3.8, 4) is 0 Å². The smallest absolute Gasteiger partial charge is 0.351 e. The topological polar surface area (TPSA) is 58.1 Å². The van der Waals surface area contributed by atoms with Gasteiger partial charge in [0, 0.05) is 25.8 Å². The van der Waals surface area contributed by atoms with Gasteiger partial charge in [-0.25, -0.2) is 9.97 Å². The Morgan fingerprint density at radius 2 is 2.26 bits per heavy atom. The predicted molar refractivity (Wildman–Crippen MR) is 78.8 cm³/mol. The molecular weight excluding hydrogens is 309 g/mol. The Bertz CT molecular complexity index is 495. The predicted octanol–water partition coefficient (Wildman–Crippen LogP) is 2.26. The second-order valence-corrected chi connectivity index (χ2v) is 5.81. The lowest BCUT2D eigenvalue weighted by molar-refractivity contribution is -0.138. The molecule has 1 N–H and O–H groups in total. The average Bonchev–Trinajstić information content (AvgIpc) is 2.53. The second-order valence-electron chi connectivity index (χ2n) is 5.81.